The van der Waals surface area contributed by atoms with Gasteiger partial charge in [-0.05, 0) is 31.6 Å². The minimum Gasteiger partial charge on any atom is -0.346 e. The van der Waals surface area contributed by atoms with Crippen molar-refractivity contribution in [3.05, 3.63) is 47.4 Å². The molecule has 3 heteroatoms. The van der Waals surface area contributed by atoms with Crippen LogP contribution in [0.1, 0.15) is 19.4 Å². The Hall–Kier alpha value is -1.64. The lowest BCUT2D eigenvalue weighted by atomic mass is 10.1. The van der Waals surface area contributed by atoms with Crippen LogP contribution in [0.2, 0.25) is 0 Å². The summed E-state index contributed by atoms with van der Waals surface area (Å²) in [6.45, 7) is 4.04. The van der Waals surface area contributed by atoms with Crippen molar-refractivity contribution in [3.63, 3.8) is 0 Å². The molecule has 1 aromatic rings. The lowest BCUT2D eigenvalue weighted by molar-refractivity contribution is 0.627. The Labute approximate surface area is 88.5 Å². The van der Waals surface area contributed by atoms with Gasteiger partial charge in [-0.25, -0.2) is 4.39 Å². The molecule has 1 atom stereocenters. The summed E-state index contributed by atoms with van der Waals surface area (Å²) < 4.78 is 13.0. The van der Waals surface area contributed by atoms with Gasteiger partial charge in [0.25, 0.3) is 0 Å². The number of benzene rings is 1. The maximum absolute atomic E-state index is 13.0. The summed E-state index contributed by atoms with van der Waals surface area (Å²) in [5, 5.41) is 3.06. The van der Waals surface area contributed by atoms with Gasteiger partial charge in [-0.15, -0.1) is 0 Å². The van der Waals surface area contributed by atoms with E-state index in [1.54, 1.807) is 6.07 Å². The van der Waals surface area contributed by atoms with Crippen molar-refractivity contribution >= 4 is 5.84 Å². The van der Waals surface area contributed by atoms with Crippen molar-refractivity contribution in [1.82, 2.24) is 5.32 Å². The van der Waals surface area contributed by atoms with E-state index in [0.29, 0.717) is 0 Å². The Balaban J connectivity index is 2.30. The molecule has 0 saturated heterocycles. The summed E-state index contributed by atoms with van der Waals surface area (Å²) in [6, 6.07) is 6.59. The first-order chi connectivity index (χ1) is 7.16. The van der Waals surface area contributed by atoms with Crippen molar-refractivity contribution in [3.8, 4) is 0 Å². The largest absolute Gasteiger partial charge is 0.346 e. The van der Waals surface area contributed by atoms with Gasteiger partial charge in [0.15, 0.2) is 0 Å². The number of nitrogens with one attached hydrogen (secondary N) is 1. The number of amidine groups is 1. The summed E-state index contributed by atoms with van der Waals surface area (Å²) in [4.78, 5) is 4.45. The molecule has 2 rings (SSSR count). The van der Waals surface area contributed by atoms with E-state index in [2.05, 4.69) is 10.3 Å². The summed E-state index contributed by atoms with van der Waals surface area (Å²) in [6.07, 6.45) is 1.91. The van der Waals surface area contributed by atoms with Crippen LogP contribution in [-0.2, 0) is 0 Å². The molecule has 0 aromatic heterocycles. The molecule has 0 spiro atoms. The van der Waals surface area contributed by atoms with E-state index in [-0.39, 0.29) is 11.9 Å². The van der Waals surface area contributed by atoms with Crippen molar-refractivity contribution in [2.45, 2.75) is 19.9 Å². The molecular weight excluding hydrogens is 191 g/mol. The number of hydrogen-bond donors (Lipinski definition) is 1. The quantitative estimate of drug-likeness (QED) is 0.746. The van der Waals surface area contributed by atoms with Gasteiger partial charge >= 0.3 is 0 Å². The van der Waals surface area contributed by atoms with Crippen LogP contribution in [0.15, 0.2) is 41.0 Å². The van der Waals surface area contributed by atoms with Crippen molar-refractivity contribution in [2.75, 3.05) is 0 Å². The Kier molecular flexibility index (Phi) is 2.54. The fraction of sp³-hybridized carbons (Fsp3) is 0.250. The normalized spacial score (nSPS) is 20.3. The van der Waals surface area contributed by atoms with E-state index in [1.807, 2.05) is 26.1 Å². The zero-order valence-corrected chi connectivity index (χ0v) is 8.79. The first-order valence-electron chi connectivity index (χ1n) is 4.94. The van der Waals surface area contributed by atoms with Crippen LogP contribution < -0.4 is 5.32 Å². The number of aliphatic imine (C=N–C) groups is 1. The summed E-state index contributed by atoms with van der Waals surface area (Å²) in [5.41, 5.74) is 1.96. The second-order valence-electron chi connectivity index (χ2n) is 3.70. The van der Waals surface area contributed by atoms with Gasteiger partial charge in [0, 0.05) is 11.8 Å². The summed E-state index contributed by atoms with van der Waals surface area (Å²) in [7, 11) is 0. The van der Waals surface area contributed by atoms with E-state index in [0.717, 1.165) is 11.4 Å². The Morgan fingerprint density at radius 1 is 1.40 bits per heavy atom. The highest BCUT2D eigenvalue weighted by atomic mass is 19.1. The molecule has 0 saturated carbocycles. The Morgan fingerprint density at radius 2 is 2.20 bits per heavy atom. The van der Waals surface area contributed by atoms with Crippen LogP contribution in [0.3, 0.4) is 0 Å². The van der Waals surface area contributed by atoms with Gasteiger partial charge in [-0.1, -0.05) is 12.1 Å². The number of rotatable bonds is 1. The molecule has 0 amide bonds. The zero-order chi connectivity index (χ0) is 10.8. The van der Waals surface area contributed by atoms with Crippen LogP contribution in [0.25, 0.3) is 0 Å². The highest BCUT2D eigenvalue weighted by molar-refractivity contribution is 6.00. The van der Waals surface area contributed by atoms with E-state index in [1.165, 1.54) is 17.7 Å². The predicted octanol–water partition coefficient (Wildman–Crippen LogP) is 2.47. The third-order valence-electron chi connectivity index (χ3n) is 2.52. The van der Waals surface area contributed by atoms with Gasteiger partial charge < -0.3 is 5.32 Å². The molecule has 0 aliphatic carbocycles. The SMILES string of the molecule is CC1=CNC(c2cccc(F)c2)=NC1C. The number of halogens is 1. The van der Waals surface area contributed by atoms with Gasteiger partial charge in [0.2, 0.25) is 0 Å². The molecule has 1 aliphatic heterocycles. The highest BCUT2D eigenvalue weighted by Crippen LogP contribution is 2.12. The topological polar surface area (TPSA) is 24.4 Å². The Bertz CT molecular complexity index is 435. The van der Waals surface area contributed by atoms with Gasteiger partial charge in [-0.2, -0.15) is 0 Å². The maximum atomic E-state index is 13.0. The average molecular weight is 204 g/mol. The minimum absolute atomic E-state index is 0.157. The predicted molar refractivity (Wildman–Crippen MR) is 59.3 cm³/mol. The van der Waals surface area contributed by atoms with Crippen LogP contribution in [0.5, 0.6) is 0 Å². The van der Waals surface area contributed by atoms with E-state index < -0.39 is 0 Å². The van der Waals surface area contributed by atoms with Crippen LogP contribution in [-0.4, -0.2) is 11.9 Å². The molecule has 0 radical (unpaired) electrons. The molecule has 0 fully saturated rings. The lowest BCUT2D eigenvalue weighted by Gasteiger charge is -2.18. The molecule has 2 nitrogen and oxygen atoms in total. The zero-order valence-electron chi connectivity index (χ0n) is 8.79. The highest BCUT2D eigenvalue weighted by Gasteiger charge is 2.11. The summed E-state index contributed by atoms with van der Waals surface area (Å²) >= 11 is 0. The third kappa shape index (κ3) is 2.06. The molecule has 0 bridgehead atoms. The fourth-order valence-electron chi connectivity index (χ4n) is 1.43. The second-order valence-corrected chi connectivity index (χ2v) is 3.70. The molecule has 1 unspecified atom stereocenters. The summed E-state index contributed by atoms with van der Waals surface area (Å²) in [5.74, 6) is 0.489. The van der Waals surface area contributed by atoms with Crippen molar-refractivity contribution < 1.29 is 4.39 Å². The molecule has 1 N–H and O–H groups in total. The smallest absolute Gasteiger partial charge is 0.132 e. The van der Waals surface area contributed by atoms with Crippen LogP contribution in [0.4, 0.5) is 4.39 Å². The molecular formula is C12H13FN2. The molecule has 1 heterocycles. The average Bonchev–Trinajstić information content (AvgIpc) is 2.22. The maximum Gasteiger partial charge on any atom is 0.132 e. The van der Waals surface area contributed by atoms with E-state index in [4.69, 9.17) is 0 Å². The number of hydrogen-bond acceptors (Lipinski definition) is 2. The second kappa shape index (κ2) is 3.85. The third-order valence-corrected chi connectivity index (χ3v) is 2.52. The Morgan fingerprint density at radius 3 is 2.87 bits per heavy atom. The fourth-order valence-corrected chi connectivity index (χ4v) is 1.43. The molecule has 1 aliphatic rings. The van der Waals surface area contributed by atoms with E-state index in [9.17, 15) is 4.39 Å². The van der Waals surface area contributed by atoms with Crippen LogP contribution >= 0.6 is 0 Å². The standard InChI is InChI=1S/C12H13FN2/c1-8-7-14-12(15-9(8)2)10-4-3-5-11(13)6-10/h3-7,9H,1-2H3,(H,14,15). The van der Waals surface area contributed by atoms with Gasteiger partial charge in [0.05, 0.1) is 6.04 Å². The van der Waals surface area contributed by atoms with E-state index >= 15 is 0 Å². The van der Waals surface area contributed by atoms with Crippen LogP contribution in [0, 0.1) is 5.82 Å². The van der Waals surface area contributed by atoms with Gasteiger partial charge in [0.1, 0.15) is 11.7 Å². The first-order valence-corrected chi connectivity index (χ1v) is 4.94. The number of nitrogens with zero attached hydrogens (tertiary/aromatic N) is 1. The van der Waals surface area contributed by atoms with Gasteiger partial charge in [-0.3, -0.25) is 4.99 Å². The molecule has 15 heavy (non-hydrogen) atoms. The first kappa shape index (κ1) is 9.90. The van der Waals surface area contributed by atoms with Crippen molar-refractivity contribution in [1.29, 1.82) is 0 Å². The molecule has 78 valence electrons. The monoisotopic (exact) mass is 204 g/mol. The minimum atomic E-state index is -0.240. The molecule has 1 aromatic carbocycles. The van der Waals surface area contributed by atoms with Crippen molar-refractivity contribution in [2.24, 2.45) is 4.99 Å². The lowest BCUT2D eigenvalue weighted by Crippen LogP contribution is -2.26.